The highest BCUT2D eigenvalue weighted by Gasteiger charge is 2.21. The maximum atomic E-state index is 12.3. The number of amides is 1. The van der Waals surface area contributed by atoms with Crippen molar-refractivity contribution in [1.82, 2.24) is 14.8 Å². The molecule has 1 aromatic heterocycles. The molecule has 1 aromatic carbocycles. The van der Waals surface area contributed by atoms with Crippen molar-refractivity contribution >= 4 is 17.8 Å². The van der Waals surface area contributed by atoms with E-state index < -0.39 is 11.9 Å². The molecule has 1 aliphatic heterocycles. The van der Waals surface area contributed by atoms with Crippen molar-refractivity contribution in [3.63, 3.8) is 0 Å². The molecule has 0 atom stereocenters. The number of carbonyl (C=O) groups excluding carboxylic acids is 1. The number of aliphatic carboxylic acids is 2. The molecular weight excluding hydrogens is 390 g/mol. The van der Waals surface area contributed by atoms with Gasteiger partial charge in [0.15, 0.2) is 6.61 Å². The third kappa shape index (κ3) is 7.88. The van der Waals surface area contributed by atoms with Crippen molar-refractivity contribution in [3.05, 3.63) is 59.9 Å². The third-order valence-corrected chi connectivity index (χ3v) is 4.42. The Bertz CT molecular complexity index is 822. The molecule has 0 aliphatic carbocycles. The van der Waals surface area contributed by atoms with Gasteiger partial charge in [-0.05, 0) is 30.7 Å². The van der Waals surface area contributed by atoms with Gasteiger partial charge in [0.2, 0.25) is 0 Å². The standard InChI is InChI=1S/C19H23N3O2.C2H2O4/c1-16-4-6-18(7-5-16)24-15-19(23)22-11-9-21(10-12-22)14-17-3-2-8-20-13-17;3-1(4)2(5)6/h2-8,13H,9-12,14-15H2,1H3;(H,3,4)(H,5,6). The van der Waals surface area contributed by atoms with Gasteiger partial charge in [-0.1, -0.05) is 23.8 Å². The lowest BCUT2D eigenvalue weighted by molar-refractivity contribution is -0.159. The molecule has 1 fully saturated rings. The highest BCUT2D eigenvalue weighted by Crippen LogP contribution is 2.12. The second-order valence-electron chi connectivity index (χ2n) is 6.73. The summed E-state index contributed by atoms with van der Waals surface area (Å²) < 4.78 is 5.59. The summed E-state index contributed by atoms with van der Waals surface area (Å²) in [7, 11) is 0. The topological polar surface area (TPSA) is 120 Å². The molecule has 1 saturated heterocycles. The maximum Gasteiger partial charge on any atom is 0.414 e. The first kappa shape index (κ1) is 22.8. The summed E-state index contributed by atoms with van der Waals surface area (Å²) in [5.74, 6) is -2.86. The number of aromatic nitrogens is 1. The fourth-order valence-electron chi connectivity index (χ4n) is 2.78. The number of benzene rings is 1. The van der Waals surface area contributed by atoms with Crippen molar-refractivity contribution in [2.45, 2.75) is 13.5 Å². The van der Waals surface area contributed by atoms with Gasteiger partial charge in [0.05, 0.1) is 0 Å². The van der Waals surface area contributed by atoms with Crippen LogP contribution in [0.5, 0.6) is 5.75 Å². The van der Waals surface area contributed by atoms with Crippen LogP contribution in [-0.4, -0.2) is 75.6 Å². The fraction of sp³-hybridized carbons (Fsp3) is 0.333. The van der Waals surface area contributed by atoms with Gasteiger partial charge in [0.1, 0.15) is 5.75 Å². The molecule has 9 nitrogen and oxygen atoms in total. The van der Waals surface area contributed by atoms with Gasteiger partial charge < -0.3 is 19.8 Å². The molecule has 0 saturated carbocycles. The molecule has 2 aromatic rings. The number of piperazine rings is 1. The molecule has 0 radical (unpaired) electrons. The van der Waals surface area contributed by atoms with Crippen LogP contribution in [0.2, 0.25) is 0 Å². The minimum absolute atomic E-state index is 0.0524. The maximum absolute atomic E-state index is 12.3. The summed E-state index contributed by atoms with van der Waals surface area (Å²) in [5, 5.41) is 14.8. The number of carboxylic acid groups (broad SMARTS) is 2. The highest BCUT2D eigenvalue weighted by atomic mass is 16.5. The zero-order valence-electron chi connectivity index (χ0n) is 16.7. The van der Waals surface area contributed by atoms with Crippen LogP contribution in [-0.2, 0) is 20.9 Å². The molecule has 1 amide bonds. The van der Waals surface area contributed by atoms with Crippen LogP contribution >= 0.6 is 0 Å². The Hall–Kier alpha value is -3.46. The number of carbonyl (C=O) groups is 3. The van der Waals surface area contributed by atoms with Gasteiger partial charge in [-0.15, -0.1) is 0 Å². The number of carboxylic acids is 2. The summed E-state index contributed by atoms with van der Waals surface area (Å²) in [6, 6.07) is 11.8. The Balaban J connectivity index is 0.000000469. The average Bonchev–Trinajstić information content (AvgIpc) is 2.75. The van der Waals surface area contributed by atoms with Gasteiger partial charge in [-0.2, -0.15) is 0 Å². The zero-order valence-corrected chi connectivity index (χ0v) is 16.7. The van der Waals surface area contributed by atoms with E-state index in [1.165, 1.54) is 11.1 Å². The van der Waals surface area contributed by atoms with Crippen LogP contribution in [0.3, 0.4) is 0 Å². The number of rotatable bonds is 5. The van der Waals surface area contributed by atoms with E-state index in [0.29, 0.717) is 0 Å². The molecule has 2 heterocycles. The molecule has 1 aliphatic rings. The molecule has 2 N–H and O–H groups in total. The Morgan fingerprint density at radius 1 is 1.00 bits per heavy atom. The van der Waals surface area contributed by atoms with Crippen molar-refractivity contribution in [1.29, 1.82) is 0 Å². The molecule has 30 heavy (non-hydrogen) atoms. The number of hydrogen-bond acceptors (Lipinski definition) is 6. The molecule has 160 valence electrons. The summed E-state index contributed by atoms with van der Waals surface area (Å²) in [6.45, 7) is 6.27. The Morgan fingerprint density at radius 2 is 1.63 bits per heavy atom. The molecule has 0 unspecified atom stereocenters. The monoisotopic (exact) mass is 415 g/mol. The first-order valence-corrected chi connectivity index (χ1v) is 9.40. The first-order valence-electron chi connectivity index (χ1n) is 9.40. The van der Waals surface area contributed by atoms with E-state index in [1.807, 2.05) is 48.4 Å². The summed E-state index contributed by atoms with van der Waals surface area (Å²) in [5.41, 5.74) is 2.39. The van der Waals surface area contributed by atoms with Gasteiger partial charge in [0, 0.05) is 45.1 Å². The smallest absolute Gasteiger partial charge is 0.414 e. The zero-order chi connectivity index (χ0) is 21.9. The summed E-state index contributed by atoms with van der Waals surface area (Å²) in [4.78, 5) is 38.9. The quantitative estimate of drug-likeness (QED) is 0.701. The number of aryl methyl sites for hydroxylation is 1. The largest absolute Gasteiger partial charge is 0.484 e. The predicted octanol–water partition coefficient (Wildman–Crippen LogP) is 1.27. The lowest BCUT2D eigenvalue weighted by Gasteiger charge is -2.34. The third-order valence-electron chi connectivity index (χ3n) is 4.42. The molecule has 0 bridgehead atoms. The number of ether oxygens (including phenoxy) is 1. The lowest BCUT2D eigenvalue weighted by Crippen LogP contribution is -2.49. The van der Waals surface area contributed by atoms with E-state index in [9.17, 15) is 4.79 Å². The van der Waals surface area contributed by atoms with E-state index >= 15 is 0 Å². The van der Waals surface area contributed by atoms with Gasteiger partial charge in [-0.25, -0.2) is 9.59 Å². The normalized spacial score (nSPS) is 13.7. The van der Waals surface area contributed by atoms with Crippen molar-refractivity contribution < 1.29 is 29.3 Å². The SMILES string of the molecule is Cc1ccc(OCC(=O)N2CCN(Cc3cccnc3)CC2)cc1.O=C(O)C(=O)O. The first-order chi connectivity index (χ1) is 14.3. The second kappa shape index (κ2) is 11.5. The Kier molecular flexibility index (Phi) is 8.76. The van der Waals surface area contributed by atoms with Crippen LogP contribution in [0.15, 0.2) is 48.8 Å². The molecule has 9 heteroatoms. The average molecular weight is 415 g/mol. The Morgan fingerprint density at radius 3 is 2.17 bits per heavy atom. The number of hydrogen-bond donors (Lipinski definition) is 2. The molecule has 0 spiro atoms. The highest BCUT2D eigenvalue weighted by molar-refractivity contribution is 6.27. The van der Waals surface area contributed by atoms with Crippen LogP contribution in [0.4, 0.5) is 0 Å². The minimum atomic E-state index is -1.82. The fourth-order valence-corrected chi connectivity index (χ4v) is 2.78. The van der Waals surface area contributed by atoms with E-state index in [4.69, 9.17) is 24.5 Å². The number of pyridine rings is 1. The van der Waals surface area contributed by atoms with Crippen molar-refractivity contribution in [2.75, 3.05) is 32.8 Å². The summed E-state index contributed by atoms with van der Waals surface area (Å²) in [6.07, 6.45) is 3.68. The van der Waals surface area contributed by atoms with E-state index in [-0.39, 0.29) is 12.5 Å². The van der Waals surface area contributed by atoms with Crippen molar-refractivity contribution in [3.8, 4) is 5.75 Å². The van der Waals surface area contributed by atoms with Gasteiger partial charge in [-0.3, -0.25) is 14.7 Å². The molecule has 3 rings (SSSR count). The van der Waals surface area contributed by atoms with Crippen molar-refractivity contribution in [2.24, 2.45) is 0 Å². The predicted molar refractivity (Wildman–Crippen MR) is 108 cm³/mol. The minimum Gasteiger partial charge on any atom is -0.484 e. The van der Waals surface area contributed by atoms with E-state index in [0.717, 1.165) is 38.5 Å². The van der Waals surface area contributed by atoms with Gasteiger partial charge in [0.25, 0.3) is 5.91 Å². The lowest BCUT2D eigenvalue weighted by atomic mass is 10.2. The van der Waals surface area contributed by atoms with E-state index in [1.54, 1.807) is 6.20 Å². The van der Waals surface area contributed by atoms with Crippen LogP contribution in [0, 0.1) is 6.92 Å². The summed E-state index contributed by atoms with van der Waals surface area (Å²) >= 11 is 0. The number of nitrogens with zero attached hydrogens (tertiary/aromatic N) is 3. The van der Waals surface area contributed by atoms with Crippen LogP contribution in [0.25, 0.3) is 0 Å². The Labute approximate surface area is 174 Å². The van der Waals surface area contributed by atoms with Crippen LogP contribution < -0.4 is 4.74 Å². The molecular formula is C21H25N3O6. The van der Waals surface area contributed by atoms with Gasteiger partial charge >= 0.3 is 11.9 Å². The second-order valence-corrected chi connectivity index (χ2v) is 6.73. The van der Waals surface area contributed by atoms with E-state index in [2.05, 4.69) is 16.0 Å². The van der Waals surface area contributed by atoms with Crippen LogP contribution in [0.1, 0.15) is 11.1 Å².